The molecule has 0 aliphatic carbocycles. The molecule has 0 N–H and O–H groups in total. The number of aliphatic imine (C=N–C) groups is 1. The van der Waals surface area contributed by atoms with Crippen molar-refractivity contribution in [1.82, 2.24) is 0 Å². The van der Waals surface area contributed by atoms with Gasteiger partial charge in [-0.05, 0) is 133 Å². The highest BCUT2D eigenvalue weighted by molar-refractivity contribution is 6.57. The van der Waals surface area contributed by atoms with Gasteiger partial charge in [0.15, 0.2) is 0 Å². The lowest BCUT2D eigenvalue weighted by Gasteiger charge is -2.39. The normalized spacial score (nSPS) is 14.1. The van der Waals surface area contributed by atoms with E-state index in [1.807, 2.05) is 24.3 Å². The van der Waals surface area contributed by atoms with Crippen LogP contribution in [0.15, 0.2) is 83.9 Å². The van der Waals surface area contributed by atoms with Gasteiger partial charge in [0.2, 0.25) is 5.84 Å². The summed E-state index contributed by atoms with van der Waals surface area (Å²) in [7, 11) is -1.42. The zero-order valence-corrected chi connectivity index (χ0v) is 24.4. The number of amidine groups is 1. The fraction of sp³-hybridized carbons (Fsp3) is 0.167. The van der Waals surface area contributed by atoms with Gasteiger partial charge in [-0.2, -0.15) is 0 Å². The van der Waals surface area contributed by atoms with Crippen LogP contribution in [0.25, 0.3) is 39.2 Å². The largest absolute Gasteiger partial charge is 0.466 e. The number of fused-ring (bicyclic) bond motifs is 6. The second-order valence-electron chi connectivity index (χ2n) is 11.6. The highest BCUT2D eigenvalue weighted by atomic mass is 19.1. The second kappa shape index (κ2) is 9.27. The number of pyridine rings is 1. The number of anilines is 1. The van der Waals surface area contributed by atoms with Gasteiger partial charge in [-0.15, -0.1) is 0 Å². The Morgan fingerprint density at radius 1 is 0.659 bits per heavy atom. The molecule has 0 fully saturated rings. The van der Waals surface area contributed by atoms with E-state index in [2.05, 4.69) is 102 Å². The summed E-state index contributed by atoms with van der Waals surface area (Å²) in [5, 5.41) is 0.986. The topological polar surface area (TPSA) is 19.5 Å². The molecule has 3 nitrogen and oxygen atoms in total. The number of halogens is 1. The average molecular weight is 536 g/mol. The van der Waals surface area contributed by atoms with E-state index in [4.69, 9.17) is 4.99 Å². The van der Waals surface area contributed by atoms with Crippen LogP contribution in [0.4, 0.5) is 15.8 Å². The number of aryl methyl sites for hydroxylation is 6. The summed E-state index contributed by atoms with van der Waals surface area (Å²) in [5.74, 6) is 1.23. The van der Waals surface area contributed by atoms with Gasteiger partial charge in [0.1, 0.15) is 0 Å². The van der Waals surface area contributed by atoms with Crippen LogP contribution in [0.3, 0.4) is 0 Å². The van der Waals surface area contributed by atoms with Crippen LogP contribution in [-0.2, 0) is 0 Å². The molecule has 0 spiro atoms. The number of aromatic nitrogens is 1. The minimum atomic E-state index is -1.42. The number of nitrogens with zero attached hydrogens (tertiary/aromatic N) is 3. The molecule has 1 aromatic heterocycles. The molecule has 5 heteroatoms. The lowest BCUT2D eigenvalue weighted by molar-refractivity contribution is -0.503. The maximum Gasteiger partial charge on any atom is 0.408 e. The highest BCUT2D eigenvalue weighted by Crippen LogP contribution is 2.37. The zero-order valence-electron chi connectivity index (χ0n) is 24.4. The first-order chi connectivity index (χ1) is 19.7. The fourth-order valence-corrected chi connectivity index (χ4v) is 7.00. The molecule has 2 aliphatic heterocycles. The van der Waals surface area contributed by atoms with E-state index in [1.54, 1.807) is 9.29 Å². The van der Waals surface area contributed by atoms with E-state index in [9.17, 15) is 0 Å². The van der Waals surface area contributed by atoms with Crippen LogP contribution in [0.5, 0.6) is 0 Å². The predicted octanol–water partition coefficient (Wildman–Crippen LogP) is 8.69. The van der Waals surface area contributed by atoms with Gasteiger partial charge in [0.25, 0.3) is 5.82 Å². The summed E-state index contributed by atoms with van der Waals surface area (Å²) in [6.07, 6.45) is 3.97. The molecule has 7 rings (SSSR count). The monoisotopic (exact) mass is 536 g/mol. The lowest BCUT2D eigenvalue weighted by atomic mass is 9.88. The molecule has 0 atom stereocenters. The minimum absolute atomic E-state index is 0.613. The summed E-state index contributed by atoms with van der Waals surface area (Å²) in [4.78, 5) is 6.59. The number of benzene rings is 4. The molecular formula is C36H32BFN3. The first-order valence-electron chi connectivity index (χ1n) is 14.2. The van der Waals surface area contributed by atoms with Crippen LogP contribution in [0.1, 0.15) is 38.9 Å². The van der Waals surface area contributed by atoms with Crippen molar-refractivity contribution in [3.05, 3.63) is 118 Å². The summed E-state index contributed by atoms with van der Waals surface area (Å²) >= 11 is 0. The third kappa shape index (κ3) is 4.02. The molecule has 4 aromatic carbocycles. The molecule has 1 radical (unpaired) electrons. The molecular weight excluding hydrogens is 504 g/mol. The molecule has 0 bridgehead atoms. The van der Waals surface area contributed by atoms with Gasteiger partial charge in [-0.3, -0.25) is 0 Å². The maximum absolute atomic E-state index is 16.7. The van der Waals surface area contributed by atoms with Crippen LogP contribution in [0.2, 0.25) is 0 Å². The number of hydrogen-bond acceptors (Lipinski definition) is 2. The van der Waals surface area contributed by atoms with Gasteiger partial charge in [-0.1, -0.05) is 47.5 Å². The molecule has 0 unspecified atom stereocenters. The van der Waals surface area contributed by atoms with Crippen molar-refractivity contribution in [3.8, 4) is 22.3 Å². The minimum Gasteiger partial charge on any atom is -0.466 e. The van der Waals surface area contributed by atoms with Gasteiger partial charge < -0.3 is 13.6 Å². The maximum atomic E-state index is 16.7. The average Bonchev–Trinajstić information content (AvgIpc) is 2.91. The third-order valence-corrected chi connectivity index (χ3v) is 8.48. The van der Waals surface area contributed by atoms with Crippen molar-refractivity contribution in [2.24, 2.45) is 4.99 Å². The van der Waals surface area contributed by atoms with E-state index >= 15 is 4.32 Å². The van der Waals surface area contributed by atoms with Gasteiger partial charge in [-0.25, -0.2) is 0 Å². The Balaban J connectivity index is 1.32. The van der Waals surface area contributed by atoms with E-state index in [1.165, 1.54) is 44.5 Å². The first kappa shape index (κ1) is 25.5. The van der Waals surface area contributed by atoms with Crippen LogP contribution >= 0.6 is 0 Å². The number of rotatable bonds is 2. The molecule has 2 aliphatic rings. The standard InChI is InChI=1S/C36H32BFN3/c1-21-15-23(3)35(24(4)16-21)29-7-11-31-27(19-29)9-13-33-39-34-14-10-28-20-30(36-25(5)17-22(2)18-26(36)6)8-12-32(28)41(34)37(38)40(31)33/h7-20H,1-6H3. The zero-order chi connectivity index (χ0) is 28.6. The Kier molecular flexibility index (Phi) is 5.76. The quantitative estimate of drug-likeness (QED) is 0.207. The molecule has 0 saturated carbocycles. The summed E-state index contributed by atoms with van der Waals surface area (Å²) in [5.41, 5.74) is 14.9. The van der Waals surface area contributed by atoms with Crippen LogP contribution in [-0.4, -0.2) is 13.1 Å². The van der Waals surface area contributed by atoms with E-state index in [0.29, 0.717) is 11.7 Å². The Labute approximate surface area is 241 Å². The second-order valence-corrected chi connectivity index (χ2v) is 11.6. The molecule has 5 aromatic rings. The fourth-order valence-electron chi connectivity index (χ4n) is 7.00. The van der Waals surface area contributed by atoms with E-state index in [-0.39, 0.29) is 0 Å². The highest BCUT2D eigenvalue weighted by Gasteiger charge is 2.34. The van der Waals surface area contributed by atoms with Crippen molar-refractivity contribution in [1.29, 1.82) is 0 Å². The summed E-state index contributed by atoms with van der Waals surface area (Å²) < 4.78 is 18.4. The van der Waals surface area contributed by atoms with Crippen molar-refractivity contribution in [2.45, 2.75) is 41.5 Å². The number of hydrogen-bond donors (Lipinski definition) is 0. The summed E-state index contributed by atoms with van der Waals surface area (Å²) in [6.45, 7) is 12.9. The van der Waals surface area contributed by atoms with Crippen molar-refractivity contribution in [3.63, 3.8) is 0 Å². The Morgan fingerprint density at radius 2 is 1.24 bits per heavy atom. The third-order valence-electron chi connectivity index (χ3n) is 8.48. The Hall–Kier alpha value is -4.51. The van der Waals surface area contributed by atoms with Crippen LogP contribution in [0, 0.1) is 41.5 Å². The van der Waals surface area contributed by atoms with E-state index < -0.39 is 7.26 Å². The predicted molar refractivity (Wildman–Crippen MR) is 171 cm³/mol. The van der Waals surface area contributed by atoms with Gasteiger partial charge in [0, 0.05) is 23.2 Å². The molecule has 41 heavy (non-hydrogen) atoms. The molecule has 3 heterocycles. The van der Waals surface area contributed by atoms with Gasteiger partial charge in [0.05, 0.1) is 5.52 Å². The van der Waals surface area contributed by atoms with Crippen molar-refractivity contribution < 1.29 is 8.79 Å². The van der Waals surface area contributed by atoms with Crippen molar-refractivity contribution >= 4 is 41.6 Å². The van der Waals surface area contributed by atoms with Gasteiger partial charge >= 0.3 is 7.26 Å². The van der Waals surface area contributed by atoms with E-state index in [0.717, 1.165) is 33.3 Å². The molecule has 0 saturated heterocycles. The SMILES string of the molecule is Cc1cc(C)c(-c2ccc3c(c2)C=CC2=Nc4ccc5cc(-c6c(C)cc(C)cc6C)ccc5[n+]4[B-](F)N23)c(C)c1. The smallest absolute Gasteiger partial charge is 0.408 e. The first-order valence-corrected chi connectivity index (χ1v) is 14.2. The van der Waals surface area contributed by atoms with Crippen LogP contribution < -0.4 is 9.29 Å². The molecule has 201 valence electrons. The Bertz CT molecular complexity index is 1940. The summed E-state index contributed by atoms with van der Waals surface area (Å²) in [6, 6.07) is 25.5. The lowest BCUT2D eigenvalue weighted by Crippen LogP contribution is -2.64. The van der Waals surface area contributed by atoms with Crippen molar-refractivity contribution in [2.75, 3.05) is 4.81 Å². The Morgan fingerprint density at radius 3 is 1.88 bits per heavy atom. The molecule has 0 amide bonds.